The van der Waals surface area contributed by atoms with Gasteiger partial charge in [0.1, 0.15) is 12.2 Å². The van der Waals surface area contributed by atoms with Gasteiger partial charge in [-0.15, -0.1) is 17.0 Å². The van der Waals surface area contributed by atoms with E-state index in [-0.39, 0.29) is 17.0 Å². The zero-order chi connectivity index (χ0) is 15.9. The molecule has 1 aromatic rings. The Balaban J connectivity index is 0.00000264. The van der Waals surface area contributed by atoms with Crippen LogP contribution in [0.25, 0.3) is 5.53 Å². The van der Waals surface area contributed by atoms with E-state index in [0.29, 0.717) is 31.1 Å². The molecule has 0 amide bonds. The molecule has 0 saturated heterocycles. The molecule has 0 saturated carbocycles. The maximum Gasteiger partial charge on any atom is 0.340 e. The molecule has 0 heterocycles. The number of ether oxygens (including phenoxy) is 2. The molecule has 23 heavy (non-hydrogen) atoms. The van der Waals surface area contributed by atoms with E-state index in [0.717, 1.165) is 15.6 Å². The number of aryl methyl sites for hydroxylation is 1. The lowest BCUT2D eigenvalue weighted by Gasteiger charge is -2.17. The van der Waals surface area contributed by atoms with Gasteiger partial charge in [0.25, 0.3) is 0 Å². The van der Waals surface area contributed by atoms with E-state index in [9.17, 15) is 0 Å². The van der Waals surface area contributed by atoms with Crippen LogP contribution < -0.4 is 0 Å². The van der Waals surface area contributed by atoms with Gasteiger partial charge in [-0.1, -0.05) is 29.5 Å². The minimum absolute atomic E-state index is 0. The lowest BCUT2D eigenvalue weighted by atomic mass is 10.1. The van der Waals surface area contributed by atoms with Gasteiger partial charge in [0.2, 0.25) is 5.76 Å². The summed E-state index contributed by atoms with van der Waals surface area (Å²) in [5.74, 6) is 1.41. The van der Waals surface area contributed by atoms with Crippen molar-refractivity contribution >= 4 is 34.5 Å². The monoisotopic (exact) mass is 396 g/mol. The van der Waals surface area contributed by atoms with Crippen LogP contribution in [0.15, 0.2) is 51.7 Å². The predicted octanol–water partition coefficient (Wildman–Crippen LogP) is 4.91. The number of allylic oxidation sites excluding steroid dienone is 3. The molecule has 0 bridgehead atoms. The molecule has 4 nitrogen and oxygen atoms in total. The molecular formula is C17H21BrN2O2S. The molecule has 0 aromatic heterocycles. The third-order valence-corrected chi connectivity index (χ3v) is 4.21. The Kier molecular flexibility index (Phi) is 8.17. The molecule has 0 spiro atoms. The van der Waals surface area contributed by atoms with Crippen LogP contribution in [0.2, 0.25) is 0 Å². The van der Waals surface area contributed by atoms with E-state index in [1.165, 1.54) is 5.56 Å². The molecule has 0 N–H and O–H groups in total. The minimum atomic E-state index is 0. The predicted molar refractivity (Wildman–Crippen MR) is 99.0 cm³/mol. The van der Waals surface area contributed by atoms with E-state index in [1.54, 1.807) is 11.8 Å². The van der Waals surface area contributed by atoms with Crippen molar-refractivity contribution in [2.45, 2.75) is 32.1 Å². The summed E-state index contributed by atoms with van der Waals surface area (Å²) >= 11 is 1.63. The lowest BCUT2D eigenvalue weighted by molar-refractivity contribution is -0.0134. The van der Waals surface area contributed by atoms with E-state index in [2.05, 4.69) is 36.0 Å². The van der Waals surface area contributed by atoms with E-state index in [1.807, 2.05) is 19.9 Å². The lowest BCUT2D eigenvalue weighted by Crippen LogP contribution is -2.15. The Bertz CT molecular complexity index is 647. The van der Waals surface area contributed by atoms with E-state index in [4.69, 9.17) is 15.0 Å². The first-order chi connectivity index (χ1) is 10.7. The summed E-state index contributed by atoms with van der Waals surface area (Å²) in [5.41, 5.74) is 10.9. The molecule has 0 fully saturated rings. The van der Waals surface area contributed by atoms with Crippen molar-refractivity contribution in [2.75, 3.05) is 13.2 Å². The fraction of sp³-hybridized carbons (Fsp3) is 0.353. The first-order valence-corrected chi connectivity index (χ1v) is 8.15. The van der Waals surface area contributed by atoms with Gasteiger partial charge in [-0.05, 0) is 32.9 Å². The van der Waals surface area contributed by atoms with E-state index < -0.39 is 0 Å². The second-order valence-electron chi connectivity index (χ2n) is 4.80. The Labute approximate surface area is 152 Å². The van der Waals surface area contributed by atoms with Gasteiger partial charge < -0.3 is 15.0 Å². The molecule has 1 aliphatic carbocycles. The summed E-state index contributed by atoms with van der Waals surface area (Å²) in [6.45, 7) is 7.02. The zero-order valence-electron chi connectivity index (χ0n) is 13.5. The number of benzene rings is 1. The van der Waals surface area contributed by atoms with Crippen LogP contribution in [0.4, 0.5) is 0 Å². The first kappa shape index (κ1) is 19.6. The first-order valence-electron chi connectivity index (χ1n) is 7.34. The number of thioether (sulfide) groups is 1. The number of halogens is 1. The Morgan fingerprint density at radius 1 is 1.13 bits per heavy atom. The van der Waals surface area contributed by atoms with Crippen molar-refractivity contribution < 1.29 is 14.3 Å². The Morgan fingerprint density at radius 2 is 1.78 bits per heavy atom. The maximum atomic E-state index is 9.16. The van der Waals surface area contributed by atoms with Gasteiger partial charge in [0.15, 0.2) is 0 Å². The standard InChI is InChI=1S/C17H20N2O2S.BrH/c1-4-20-15-11-17(16(21-5-2)10-14(15)19-18)22-13-8-6-12(3)7-9-13;/h6-9,11H,4-5,10H2,1-3H3;1H. The van der Waals surface area contributed by atoms with Crippen LogP contribution in [0.5, 0.6) is 0 Å². The van der Waals surface area contributed by atoms with Gasteiger partial charge in [0, 0.05) is 11.0 Å². The molecule has 2 rings (SSSR count). The second-order valence-corrected chi connectivity index (χ2v) is 5.92. The fourth-order valence-electron chi connectivity index (χ4n) is 2.09. The van der Waals surface area contributed by atoms with Gasteiger partial charge in [-0.2, -0.15) is 4.79 Å². The van der Waals surface area contributed by atoms with Crippen LogP contribution >= 0.6 is 28.7 Å². The van der Waals surface area contributed by atoms with Crippen molar-refractivity contribution in [1.29, 1.82) is 0 Å². The fourth-order valence-corrected chi connectivity index (χ4v) is 3.03. The van der Waals surface area contributed by atoms with Gasteiger partial charge in [0.05, 0.1) is 18.1 Å². The average Bonchev–Trinajstić information content (AvgIpc) is 2.52. The smallest absolute Gasteiger partial charge is 0.340 e. The van der Waals surface area contributed by atoms with Crippen molar-refractivity contribution in [1.82, 2.24) is 0 Å². The largest absolute Gasteiger partial charge is 0.496 e. The molecule has 0 aliphatic heterocycles. The Morgan fingerprint density at radius 3 is 2.35 bits per heavy atom. The number of nitrogens with zero attached hydrogens (tertiary/aromatic N) is 2. The molecule has 1 aromatic carbocycles. The normalized spacial score (nSPS) is 13.9. The SMILES string of the molecule is Br.CCOC1=CC(Sc2ccc(C)cc2)=C(OCC)CC1=[N+]=[N-]. The number of rotatable bonds is 6. The van der Waals surface area contributed by atoms with Crippen LogP contribution in [-0.2, 0) is 9.47 Å². The molecule has 6 heteroatoms. The van der Waals surface area contributed by atoms with Crippen molar-refractivity contribution in [3.8, 4) is 0 Å². The highest BCUT2D eigenvalue weighted by atomic mass is 79.9. The molecule has 0 atom stereocenters. The van der Waals surface area contributed by atoms with Crippen LogP contribution in [0.1, 0.15) is 25.8 Å². The summed E-state index contributed by atoms with van der Waals surface area (Å²) < 4.78 is 11.3. The molecule has 0 unspecified atom stereocenters. The summed E-state index contributed by atoms with van der Waals surface area (Å²) in [7, 11) is 0. The summed E-state index contributed by atoms with van der Waals surface area (Å²) in [6.07, 6.45) is 2.32. The van der Waals surface area contributed by atoms with Gasteiger partial charge in [-0.25, -0.2) is 0 Å². The van der Waals surface area contributed by atoms with Crippen molar-refractivity contribution in [3.63, 3.8) is 0 Å². The molecule has 0 radical (unpaired) electrons. The zero-order valence-corrected chi connectivity index (χ0v) is 16.1. The summed E-state index contributed by atoms with van der Waals surface area (Å²) in [4.78, 5) is 5.45. The highest BCUT2D eigenvalue weighted by molar-refractivity contribution is 8.93. The number of hydrogen-bond donors (Lipinski definition) is 0. The third-order valence-electron chi connectivity index (χ3n) is 3.14. The van der Waals surface area contributed by atoms with Gasteiger partial charge >= 0.3 is 5.71 Å². The third kappa shape index (κ3) is 5.27. The topological polar surface area (TPSA) is 54.9 Å². The van der Waals surface area contributed by atoms with E-state index >= 15 is 0 Å². The summed E-state index contributed by atoms with van der Waals surface area (Å²) in [6, 6.07) is 8.33. The quantitative estimate of drug-likeness (QED) is 0.506. The second kappa shape index (κ2) is 9.60. The Hall–Kier alpha value is -1.49. The highest BCUT2D eigenvalue weighted by Gasteiger charge is 2.28. The maximum absolute atomic E-state index is 9.16. The number of hydrogen-bond acceptors (Lipinski definition) is 3. The molecule has 1 aliphatic rings. The van der Waals surface area contributed by atoms with Crippen LogP contribution in [-0.4, -0.2) is 23.7 Å². The minimum Gasteiger partial charge on any atom is -0.496 e. The average molecular weight is 397 g/mol. The molecular weight excluding hydrogens is 376 g/mol. The van der Waals surface area contributed by atoms with Crippen molar-refractivity contribution in [2.24, 2.45) is 0 Å². The van der Waals surface area contributed by atoms with Crippen LogP contribution in [0, 0.1) is 6.92 Å². The van der Waals surface area contributed by atoms with Crippen LogP contribution in [0.3, 0.4) is 0 Å². The van der Waals surface area contributed by atoms with Crippen molar-refractivity contribution in [3.05, 3.63) is 57.9 Å². The van der Waals surface area contributed by atoms with Gasteiger partial charge in [-0.3, -0.25) is 0 Å². The molecule has 124 valence electrons. The summed E-state index contributed by atoms with van der Waals surface area (Å²) in [5, 5.41) is 0. The highest BCUT2D eigenvalue weighted by Crippen LogP contribution is 2.35.